The number of nitrogens with one attached hydrogen (secondary N) is 1. The summed E-state index contributed by atoms with van der Waals surface area (Å²) in [6.45, 7) is 4.65. The molecular formula is C41H29N3O. The molecule has 2 aliphatic rings. The van der Waals surface area contributed by atoms with Crippen molar-refractivity contribution < 1.29 is 4.42 Å². The maximum atomic E-state index is 6.21. The summed E-state index contributed by atoms with van der Waals surface area (Å²) in [6.07, 6.45) is -0.340. The highest BCUT2D eigenvalue weighted by Crippen LogP contribution is 2.49. The Hall–Kier alpha value is -5.61. The third kappa shape index (κ3) is 3.34. The molecule has 1 unspecified atom stereocenters. The minimum atomic E-state index is -0.340. The fourth-order valence-electron chi connectivity index (χ4n) is 7.84. The zero-order chi connectivity index (χ0) is 29.9. The molecule has 0 radical (unpaired) electrons. The number of hydrogen-bond donors (Lipinski definition) is 1. The first-order chi connectivity index (χ1) is 22.1. The molecule has 6 aromatic carbocycles. The number of benzene rings is 6. The highest BCUT2D eigenvalue weighted by atomic mass is 16.3. The molecule has 4 heteroatoms. The van der Waals surface area contributed by atoms with E-state index in [9.17, 15) is 0 Å². The lowest BCUT2D eigenvalue weighted by molar-refractivity contribution is 0.438. The maximum absolute atomic E-state index is 6.21. The van der Waals surface area contributed by atoms with Gasteiger partial charge in [0.2, 0.25) is 6.29 Å². The van der Waals surface area contributed by atoms with E-state index in [1.54, 1.807) is 0 Å². The first-order valence-corrected chi connectivity index (χ1v) is 15.6. The van der Waals surface area contributed by atoms with Crippen molar-refractivity contribution in [2.75, 3.05) is 0 Å². The summed E-state index contributed by atoms with van der Waals surface area (Å²) in [4.78, 5) is 5.63. The number of fused-ring (bicyclic) bond motifs is 9. The first kappa shape index (κ1) is 24.8. The molecular weight excluding hydrogens is 550 g/mol. The molecule has 0 saturated carbocycles. The molecule has 0 saturated heterocycles. The third-order valence-electron chi connectivity index (χ3n) is 9.98. The summed E-state index contributed by atoms with van der Waals surface area (Å²) >= 11 is 0. The zero-order valence-corrected chi connectivity index (χ0v) is 25.0. The van der Waals surface area contributed by atoms with Gasteiger partial charge in [-0.15, -0.1) is 0 Å². The molecule has 0 amide bonds. The van der Waals surface area contributed by atoms with Crippen molar-refractivity contribution in [2.24, 2.45) is 4.99 Å². The van der Waals surface area contributed by atoms with Gasteiger partial charge < -0.3 is 14.3 Å². The van der Waals surface area contributed by atoms with Gasteiger partial charge in [-0.1, -0.05) is 98.8 Å². The van der Waals surface area contributed by atoms with E-state index in [-0.39, 0.29) is 11.7 Å². The molecule has 1 aliphatic carbocycles. The number of nitrogens with zero attached hydrogens (tertiary/aromatic N) is 2. The number of rotatable bonds is 2. The molecule has 2 aromatic heterocycles. The standard InChI is InChI=1S/C41H29N3O/c1-41(2)32-16-8-5-15-29(32)37-38(26-19-20-36-31(22-26)28-14-7-10-18-35(28)45-36)42-40(43-39(37)41)44-33-17-9-6-13-27(33)30-21-24-11-3-4-12-25(24)23-34(30)44/h3-23,40,43H,1-2H3. The second kappa shape index (κ2) is 8.73. The van der Waals surface area contributed by atoms with Gasteiger partial charge in [0.15, 0.2) is 0 Å². The lowest BCUT2D eigenvalue weighted by Gasteiger charge is -2.33. The summed E-state index contributed by atoms with van der Waals surface area (Å²) in [7, 11) is 0. The molecule has 3 heterocycles. The van der Waals surface area contributed by atoms with Gasteiger partial charge in [-0.3, -0.25) is 0 Å². The lowest BCUT2D eigenvalue weighted by Crippen LogP contribution is -2.36. The monoisotopic (exact) mass is 579 g/mol. The van der Waals surface area contributed by atoms with E-state index in [2.05, 4.69) is 139 Å². The second-order valence-electron chi connectivity index (χ2n) is 12.8. The molecule has 4 nitrogen and oxygen atoms in total. The quantitative estimate of drug-likeness (QED) is 0.221. The Labute approximate surface area is 259 Å². The molecule has 1 atom stereocenters. The number of furan rings is 1. The normalized spacial score (nSPS) is 17.3. The molecule has 0 bridgehead atoms. The van der Waals surface area contributed by atoms with Crippen LogP contribution in [0.4, 0.5) is 0 Å². The Bertz CT molecular complexity index is 2610. The van der Waals surface area contributed by atoms with Gasteiger partial charge >= 0.3 is 0 Å². The van der Waals surface area contributed by atoms with Gasteiger partial charge in [0.05, 0.1) is 16.7 Å². The van der Waals surface area contributed by atoms with Gasteiger partial charge in [0, 0.05) is 43.8 Å². The van der Waals surface area contributed by atoms with Crippen molar-refractivity contribution in [3.05, 3.63) is 150 Å². The van der Waals surface area contributed by atoms with Crippen LogP contribution in [0, 0.1) is 0 Å². The van der Waals surface area contributed by atoms with Crippen LogP contribution >= 0.6 is 0 Å². The van der Waals surface area contributed by atoms with Crippen LogP contribution in [0.5, 0.6) is 0 Å². The fourth-order valence-corrected chi connectivity index (χ4v) is 7.84. The van der Waals surface area contributed by atoms with Crippen LogP contribution in [0.2, 0.25) is 0 Å². The van der Waals surface area contributed by atoms with E-state index in [4.69, 9.17) is 9.41 Å². The summed E-state index contributed by atoms with van der Waals surface area (Å²) in [6, 6.07) is 45.6. The molecule has 10 rings (SSSR count). The first-order valence-electron chi connectivity index (χ1n) is 15.6. The number of para-hydroxylation sites is 2. The zero-order valence-electron chi connectivity index (χ0n) is 25.0. The summed E-state index contributed by atoms with van der Waals surface area (Å²) in [5, 5.41) is 11.2. The Kier molecular flexibility index (Phi) is 4.81. The number of aromatic nitrogens is 1. The fraction of sp³-hybridized carbons (Fsp3) is 0.0976. The van der Waals surface area contributed by atoms with Crippen molar-refractivity contribution in [1.29, 1.82) is 0 Å². The van der Waals surface area contributed by atoms with Crippen molar-refractivity contribution in [3.8, 4) is 0 Å². The second-order valence-corrected chi connectivity index (χ2v) is 12.8. The topological polar surface area (TPSA) is 42.5 Å². The Morgan fingerprint density at radius 3 is 2.24 bits per heavy atom. The summed E-state index contributed by atoms with van der Waals surface area (Å²) in [5.74, 6) is 0. The van der Waals surface area contributed by atoms with Crippen LogP contribution in [-0.2, 0) is 5.41 Å². The van der Waals surface area contributed by atoms with Gasteiger partial charge in [0.1, 0.15) is 11.2 Å². The predicted octanol–water partition coefficient (Wildman–Crippen LogP) is 10.1. The minimum Gasteiger partial charge on any atom is -0.456 e. The molecule has 0 spiro atoms. The largest absolute Gasteiger partial charge is 0.456 e. The highest BCUT2D eigenvalue weighted by Gasteiger charge is 2.43. The van der Waals surface area contributed by atoms with E-state index in [1.807, 2.05) is 12.1 Å². The van der Waals surface area contributed by atoms with Crippen LogP contribution in [0.3, 0.4) is 0 Å². The van der Waals surface area contributed by atoms with Crippen molar-refractivity contribution >= 4 is 65.8 Å². The van der Waals surface area contributed by atoms with E-state index in [1.165, 1.54) is 49.5 Å². The van der Waals surface area contributed by atoms with E-state index in [0.717, 1.165) is 38.7 Å². The van der Waals surface area contributed by atoms with Crippen LogP contribution in [0.25, 0.3) is 60.1 Å². The average molecular weight is 580 g/mol. The van der Waals surface area contributed by atoms with Gasteiger partial charge in [0.25, 0.3) is 0 Å². The van der Waals surface area contributed by atoms with Crippen LogP contribution in [-0.4, -0.2) is 10.3 Å². The molecule has 45 heavy (non-hydrogen) atoms. The number of aliphatic imine (C=N–C) groups is 1. The Morgan fingerprint density at radius 1 is 0.644 bits per heavy atom. The van der Waals surface area contributed by atoms with Crippen molar-refractivity contribution in [3.63, 3.8) is 0 Å². The maximum Gasteiger partial charge on any atom is 0.201 e. The van der Waals surface area contributed by atoms with E-state index >= 15 is 0 Å². The van der Waals surface area contributed by atoms with Gasteiger partial charge in [-0.05, 0) is 64.4 Å². The lowest BCUT2D eigenvalue weighted by atomic mass is 9.84. The van der Waals surface area contributed by atoms with Crippen LogP contribution in [0.15, 0.2) is 143 Å². The van der Waals surface area contributed by atoms with Gasteiger partial charge in [-0.25, -0.2) is 4.99 Å². The van der Waals surface area contributed by atoms with Gasteiger partial charge in [-0.2, -0.15) is 0 Å². The van der Waals surface area contributed by atoms with Crippen molar-refractivity contribution in [2.45, 2.75) is 25.6 Å². The third-order valence-corrected chi connectivity index (χ3v) is 9.98. The molecule has 8 aromatic rings. The Morgan fingerprint density at radius 2 is 1.36 bits per heavy atom. The number of hydrogen-bond acceptors (Lipinski definition) is 3. The summed E-state index contributed by atoms with van der Waals surface area (Å²) < 4.78 is 8.61. The highest BCUT2D eigenvalue weighted by molar-refractivity contribution is 6.35. The van der Waals surface area contributed by atoms with E-state index < -0.39 is 0 Å². The van der Waals surface area contributed by atoms with Crippen molar-refractivity contribution in [1.82, 2.24) is 9.88 Å². The average Bonchev–Trinajstić information content (AvgIpc) is 3.68. The SMILES string of the molecule is CC1(C)C2=C(C(c3ccc4oc5ccccc5c4c3)=NC(n3c4ccccc4c4cc5ccccc5cc43)N2)c2ccccc21. The summed E-state index contributed by atoms with van der Waals surface area (Å²) in [5.41, 5.74) is 11.0. The molecule has 1 N–H and O–H groups in total. The number of allylic oxidation sites excluding steroid dienone is 2. The van der Waals surface area contributed by atoms with Crippen LogP contribution in [0.1, 0.15) is 36.8 Å². The molecule has 214 valence electrons. The van der Waals surface area contributed by atoms with Crippen LogP contribution < -0.4 is 5.32 Å². The minimum absolute atomic E-state index is 0.219. The van der Waals surface area contributed by atoms with E-state index in [0.29, 0.717) is 0 Å². The smallest absolute Gasteiger partial charge is 0.201 e. The molecule has 0 fully saturated rings. The predicted molar refractivity (Wildman–Crippen MR) is 186 cm³/mol. The molecule has 1 aliphatic heterocycles. The Balaban J connectivity index is 1.27.